The topological polar surface area (TPSA) is 71.2 Å². The van der Waals surface area contributed by atoms with Crippen molar-refractivity contribution in [2.24, 2.45) is 0 Å². The van der Waals surface area contributed by atoms with Crippen molar-refractivity contribution in [3.63, 3.8) is 0 Å². The van der Waals surface area contributed by atoms with Gasteiger partial charge in [-0.1, -0.05) is 53.6 Å². The number of aliphatic hydroxyl groups is 1. The lowest BCUT2D eigenvalue weighted by atomic mass is 10.1. The fourth-order valence-corrected chi connectivity index (χ4v) is 2.29. The Balaban J connectivity index is 1.82. The molecule has 0 amide bonds. The van der Waals surface area contributed by atoms with E-state index in [0.29, 0.717) is 5.56 Å². The standard InChI is InChI=1S/C17H17N3O2/c1-11-7-6-8-12(2)14(11)18-17-20-19-16(22-17)15(21)13-9-4-3-5-10-13/h3-10,15,21H,1-2H3,(H,18,20). The Labute approximate surface area is 128 Å². The van der Waals surface area contributed by atoms with Crippen molar-refractivity contribution in [3.05, 3.63) is 71.1 Å². The highest BCUT2D eigenvalue weighted by molar-refractivity contribution is 5.61. The van der Waals surface area contributed by atoms with Gasteiger partial charge in [-0.2, -0.15) is 0 Å². The molecule has 0 aliphatic carbocycles. The summed E-state index contributed by atoms with van der Waals surface area (Å²) in [6, 6.07) is 15.5. The third-order valence-electron chi connectivity index (χ3n) is 3.50. The molecule has 0 bridgehead atoms. The predicted octanol–water partition coefficient (Wildman–Crippen LogP) is 3.51. The van der Waals surface area contributed by atoms with E-state index in [4.69, 9.17) is 4.42 Å². The third kappa shape index (κ3) is 2.84. The number of nitrogens with one attached hydrogen (secondary N) is 1. The summed E-state index contributed by atoms with van der Waals surface area (Å²) >= 11 is 0. The summed E-state index contributed by atoms with van der Waals surface area (Å²) in [6.07, 6.45) is -0.929. The number of hydrogen-bond acceptors (Lipinski definition) is 5. The highest BCUT2D eigenvalue weighted by Crippen LogP contribution is 2.26. The lowest BCUT2D eigenvalue weighted by molar-refractivity contribution is 0.184. The van der Waals surface area contributed by atoms with Crippen LogP contribution in [0.15, 0.2) is 52.9 Å². The van der Waals surface area contributed by atoms with E-state index in [0.717, 1.165) is 16.8 Å². The van der Waals surface area contributed by atoms with Crippen molar-refractivity contribution in [3.8, 4) is 0 Å². The SMILES string of the molecule is Cc1cccc(C)c1Nc1nnc(C(O)c2ccccc2)o1. The molecule has 0 saturated carbocycles. The summed E-state index contributed by atoms with van der Waals surface area (Å²) in [5.74, 6) is 0.167. The van der Waals surface area contributed by atoms with Crippen molar-refractivity contribution in [2.75, 3.05) is 5.32 Å². The zero-order valence-electron chi connectivity index (χ0n) is 12.4. The first-order valence-electron chi connectivity index (χ1n) is 7.05. The number of para-hydroxylation sites is 1. The van der Waals surface area contributed by atoms with E-state index in [9.17, 15) is 5.11 Å². The number of aliphatic hydroxyl groups excluding tert-OH is 1. The highest BCUT2D eigenvalue weighted by atomic mass is 16.4. The van der Waals surface area contributed by atoms with Crippen LogP contribution >= 0.6 is 0 Å². The minimum absolute atomic E-state index is 0.167. The van der Waals surface area contributed by atoms with Crippen molar-refractivity contribution in [2.45, 2.75) is 20.0 Å². The fourth-order valence-electron chi connectivity index (χ4n) is 2.29. The Bertz CT molecular complexity index is 748. The largest absolute Gasteiger partial charge is 0.405 e. The summed E-state index contributed by atoms with van der Waals surface area (Å²) in [6.45, 7) is 4.01. The van der Waals surface area contributed by atoms with Gasteiger partial charge < -0.3 is 14.8 Å². The molecule has 22 heavy (non-hydrogen) atoms. The number of rotatable bonds is 4. The predicted molar refractivity (Wildman–Crippen MR) is 84.0 cm³/mol. The van der Waals surface area contributed by atoms with Crippen LogP contribution in [0, 0.1) is 13.8 Å². The molecule has 0 aliphatic rings. The van der Waals surface area contributed by atoms with Crippen LogP contribution in [-0.4, -0.2) is 15.3 Å². The Morgan fingerprint density at radius 1 is 0.955 bits per heavy atom. The monoisotopic (exact) mass is 295 g/mol. The van der Waals surface area contributed by atoms with E-state index in [1.54, 1.807) is 0 Å². The Hall–Kier alpha value is -2.66. The average Bonchev–Trinajstić information content (AvgIpc) is 3.00. The summed E-state index contributed by atoms with van der Waals surface area (Å²) < 4.78 is 5.53. The number of nitrogens with zero attached hydrogens (tertiary/aromatic N) is 2. The summed E-state index contributed by atoms with van der Waals surface area (Å²) in [5.41, 5.74) is 3.82. The number of hydrogen-bond donors (Lipinski definition) is 2. The van der Waals surface area contributed by atoms with Gasteiger partial charge in [0, 0.05) is 5.69 Å². The van der Waals surface area contributed by atoms with Gasteiger partial charge >= 0.3 is 6.01 Å². The maximum absolute atomic E-state index is 10.3. The minimum Gasteiger partial charge on any atom is -0.405 e. The number of aromatic nitrogens is 2. The summed E-state index contributed by atoms with van der Waals surface area (Å²) in [5, 5.41) is 21.2. The molecule has 1 heterocycles. The van der Waals surface area contributed by atoms with Crippen LogP contribution in [0.5, 0.6) is 0 Å². The van der Waals surface area contributed by atoms with Gasteiger partial charge in [0.2, 0.25) is 0 Å². The Morgan fingerprint density at radius 2 is 1.64 bits per heavy atom. The van der Waals surface area contributed by atoms with Crippen molar-refractivity contribution in [1.82, 2.24) is 10.2 Å². The number of benzene rings is 2. The molecule has 1 unspecified atom stereocenters. The first-order chi connectivity index (χ1) is 10.6. The van der Waals surface area contributed by atoms with Crippen molar-refractivity contribution >= 4 is 11.7 Å². The molecule has 0 saturated heterocycles. The Kier molecular flexibility index (Phi) is 3.89. The van der Waals surface area contributed by atoms with E-state index in [1.807, 2.05) is 62.4 Å². The van der Waals surface area contributed by atoms with Gasteiger partial charge in [-0.3, -0.25) is 0 Å². The molecule has 2 N–H and O–H groups in total. The van der Waals surface area contributed by atoms with Gasteiger partial charge in [-0.15, -0.1) is 5.10 Å². The molecule has 1 aromatic heterocycles. The highest BCUT2D eigenvalue weighted by Gasteiger charge is 2.18. The quantitative estimate of drug-likeness (QED) is 0.770. The first-order valence-corrected chi connectivity index (χ1v) is 7.05. The average molecular weight is 295 g/mol. The lowest BCUT2D eigenvalue weighted by Crippen LogP contribution is -1.99. The molecule has 5 heteroatoms. The molecule has 0 spiro atoms. The molecular weight excluding hydrogens is 278 g/mol. The molecule has 1 atom stereocenters. The molecule has 3 aromatic rings. The molecule has 0 fully saturated rings. The fraction of sp³-hybridized carbons (Fsp3) is 0.176. The second kappa shape index (κ2) is 5.99. The molecule has 3 rings (SSSR count). The van der Waals surface area contributed by atoms with Crippen LogP contribution in [0.3, 0.4) is 0 Å². The van der Waals surface area contributed by atoms with Crippen LogP contribution in [0.2, 0.25) is 0 Å². The van der Waals surface area contributed by atoms with Crippen LogP contribution in [0.4, 0.5) is 11.7 Å². The lowest BCUT2D eigenvalue weighted by Gasteiger charge is -2.09. The van der Waals surface area contributed by atoms with E-state index >= 15 is 0 Å². The van der Waals surface area contributed by atoms with Gasteiger partial charge in [-0.25, -0.2) is 0 Å². The molecule has 5 nitrogen and oxygen atoms in total. The zero-order chi connectivity index (χ0) is 15.5. The number of aryl methyl sites for hydroxylation is 2. The normalized spacial score (nSPS) is 12.1. The third-order valence-corrected chi connectivity index (χ3v) is 3.50. The van der Waals surface area contributed by atoms with Gasteiger partial charge in [0.15, 0.2) is 6.10 Å². The van der Waals surface area contributed by atoms with E-state index < -0.39 is 6.10 Å². The molecule has 112 valence electrons. The smallest absolute Gasteiger partial charge is 0.320 e. The van der Waals surface area contributed by atoms with Gasteiger partial charge in [0.1, 0.15) is 0 Å². The second-order valence-corrected chi connectivity index (χ2v) is 5.15. The Morgan fingerprint density at radius 3 is 2.32 bits per heavy atom. The summed E-state index contributed by atoms with van der Waals surface area (Å²) in [7, 11) is 0. The first kappa shape index (κ1) is 14.3. The zero-order valence-corrected chi connectivity index (χ0v) is 12.4. The molecular formula is C17H17N3O2. The van der Waals surface area contributed by atoms with Crippen molar-refractivity contribution < 1.29 is 9.52 Å². The van der Waals surface area contributed by atoms with E-state index in [1.165, 1.54) is 0 Å². The van der Waals surface area contributed by atoms with E-state index in [-0.39, 0.29) is 11.9 Å². The van der Waals surface area contributed by atoms with Crippen LogP contribution in [0.25, 0.3) is 0 Å². The van der Waals surface area contributed by atoms with Crippen molar-refractivity contribution in [1.29, 1.82) is 0 Å². The van der Waals surface area contributed by atoms with Crippen LogP contribution in [-0.2, 0) is 0 Å². The maximum Gasteiger partial charge on any atom is 0.320 e. The minimum atomic E-state index is -0.929. The van der Waals surface area contributed by atoms with E-state index in [2.05, 4.69) is 15.5 Å². The molecule has 0 aliphatic heterocycles. The van der Waals surface area contributed by atoms with Gasteiger partial charge in [0.05, 0.1) is 0 Å². The van der Waals surface area contributed by atoms with Crippen LogP contribution < -0.4 is 5.32 Å². The molecule has 2 aromatic carbocycles. The van der Waals surface area contributed by atoms with Gasteiger partial charge in [-0.05, 0) is 30.5 Å². The van der Waals surface area contributed by atoms with Gasteiger partial charge in [0.25, 0.3) is 5.89 Å². The maximum atomic E-state index is 10.3. The second-order valence-electron chi connectivity index (χ2n) is 5.15. The van der Waals surface area contributed by atoms with Crippen LogP contribution in [0.1, 0.15) is 28.7 Å². The summed E-state index contributed by atoms with van der Waals surface area (Å²) in [4.78, 5) is 0. The number of anilines is 2. The molecule has 0 radical (unpaired) electrons.